The first-order valence-corrected chi connectivity index (χ1v) is 9.65. The summed E-state index contributed by atoms with van der Waals surface area (Å²) in [5, 5.41) is 0. The lowest BCUT2D eigenvalue weighted by atomic mass is 9.85. The third-order valence-corrected chi connectivity index (χ3v) is 4.67. The highest BCUT2D eigenvalue weighted by molar-refractivity contribution is 5.94. The molecule has 2 rings (SSSR count). The van der Waals surface area contributed by atoms with Crippen LogP contribution >= 0.6 is 0 Å². The zero-order valence-corrected chi connectivity index (χ0v) is 18.3. The van der Waals surface area contributed by atoms with Crippen molar-refractivity contribution in [3.63, 3.8) is 0 Å². The summed E-state index contributed by atoms with van der Waals surface area (Å²) in [4.78, 5) is 18.6. The molecule has 1 aromatic heterocycles. The van der Waals surface area contributed by atoms with Crippen LogP contribution in [0.4, 0.5) is 13.2 Å². The first kappa shape index (κ1) is 23.0. The first-order valence-electron chi connectivity index (χ1n) is 9.65. The van der Waals surface area contributed by atoms with E-state index in [9.17, 15) is 18.0 Å². The summed E-state index contributed by atoms with van der Waals surface area (Å²) >= 11 is 0. The Labute approximate surface area is 170 Å². The number of halogens is 3. The molecule has 0 aliphatic rings. The van der Waals surface area contributed by atoms with E-state index in [0.29, 0.717) is 5.69 Å². The lowest BCUT2D eigenvalue weighted by molar-refractivity contribution is -0.142. The molecule has 1 aromatic carbocycles. The summed E-state index contributed by atoms with van der Waals surface area (Å²) in [6, 6.07) is 6.61. The van der Waals surface area contributed by atoms with Crippen LogP contribution in [-0.4, -0.2) is 31.9 Å². The fourth-order valence-electron chi connectivity index (χ4n) is 3.70. The summed E-state index contributed by atoms with van der Waals surface area (Å²) in [6.45, 7) is 14.7. The maximum atomic E-state index is 14.1. The van der Waals surface area contributed by atoms with E-state index >= 15 is 0 Å². The quantitative estimate of drug-likeness (QED) is 0.639. The third kappa shape index (κ3) is 4.65. The van der Waals surface area contributed by atoms with Gasteiger partial charge in [0.1, 0.15) is 6.33 Å². The SMILES string of the molecule is CC(C)N(C(=O)c1ncn(-c2ccccc2C(C)(C)C)c1C(F)(F)F)C(C)(C)C. The molecule has 0 aliphatic carbocycles. The second kappa shape index (κ2) is 7.50. The summed E-state index contributed by atoms with van der Waals surface area (Å²) in [6.07, 6.45) is -3.64. The van der Waals surface area contributed by atoms with Gasteiger partial charge in [-0.25, -0.2) is 4.98 Å². The molecule has 0 saturated carbocycles. The van der Waals surface area contributed by atoms with Crippen molar-refractivity contribution in [2.24, 2.45) is 0 Å². The average molecular weight is 409 g/mol. The van der Waals surface area contributed by atoms with Crippen molar-refractivity contribution >= 4 is 5.91 Å². The molecule has 0 radical (unpaired) electrons. The number of benzene rings is 1. The second-order valence-electron chi connectivity index (χ2n) is 9.52. The second-order valence-corrected chi connectivity index (χ2v) is 9.52. The summed E-state index contributed by atoms with van der Waals surface area (Å²) in [5.74, 6) is -0.730. The van der Waals surface area contributed by atoms with Crippen molar-refractivity contribution in [2.75, 3.05) is 0 Å². The van der Waals surface area contributed by atoms with Gasteiger partial charge in [0.15, 0.2) is 11.4 Å². The number of hydrogen-bond acceptors (Lipinski definition) is 2. The fourth-order valence-corrected chi connectivity index (χ4v) is 3.70. The average Bonchev–Trinajstić information content (AvgIpc) is 2.97. The Balaban J connectivity index is 2.77. The molecular weight excluding hydrogens is 379 g/mol. The van der Waals surface area contributed by atoms with Crippen LogP contribution in [0, 0.1) is 0 Å². The Morgan fingerprint density at radius 3 is 2.03 bits per heavy atom. The van der Waals surface area contributed by atoms with E-state index in [4.69, 9.17) is 0 Å². The molecule has 0 unspecified atom stereocenters. The highest BCUT2D eigenvalue weighted by atomic mass is 19.4. The van der Waals surface area contributed by atoms with E-state index in [0.717, 1.165) is 16.5 Å². The highest BCUT2D eigenvalue weighted by Gasteiger charge is 2.43. The number of carbonyl (C=O) groups is 1. The molecule has 0 bridgehead atoms. The minimum atomic E-state index is -4.74. The number of amides is 1. The molecule has 7 heteroatoms. The Hall–Kier alpha value is -2.31. The number of nitrogens with zero attached hydrogens (tertiary/aromatic N) is 3. The van der Waals surface area contributed by atoms with Crippen molar-refractivity contribution in [1.29, 1.82) is 0 Å². The van der Waals surface area contributed by atoms with Crippen molar-refractivity contribution < 1.29 is 18.0 Å². The standard InChI is InChI=1S/C22H30F3N3O/c1-14(2)28(21(6,7)8)19(29)17-18(22(23,24)25)27(13-26-17)16-12-10-9-11-15(16)20(3,4)5/h9-14H,1-8H3. The number of hydrogen-bond donors (Lipinski definition) is 0. The molecule has 0 fully saturated rings. The van der Waals surface area contributed by atoms with Crippen LogP contribution in [0.2, 0.25) is 0 Å². The number of para-hydroxylation sites is 1. The van der Waals surface area contributed by atoms with Gasteiger partial charge in [-0.15, -0.1) is 0 Å². The number of rotatable bonds is 3. The summed E-state index contributed by atoms with van der Waals surface area (Å²) in [5.41, 5.74) is -1.56. The molecule has 1 heterocycles. The van der Waals surface area contributed by atoms with Crippen LogP contribution in [0.1, 0.15) is 77.1 Å². The topological polar surface area (TPSA) is 38.1 Å². The van der Waals surface area contributed by atoms with E-state index in [1.807, 2.05) is 20.8 Å². The molecule has 1 amide bonds. The monoisotopic (exact) mass is 409 g/mol. The minimum Gasteiger partial charge on any atom is -0.330 e. The van der Waals surface area contributed by atoms with Crippen molar-refractivity contribution in [1.82, 2.24) is 14.5 Å². The largest absolute Gasteiger partial charge is 0.434 e. The van der Waals surface area contributed by atoms with Crippen LogP contribution < -0.4 is 0 Å². The first-order chi connectivity index (χ1) is 13.1. The lowest BCUT2D eigenvalue weighted by Gasteiger charge is -2.38. The normalized spacial score (nSPS) is 13.1. The van der Waals surface area contributed by atoms with Crippen molar-refractivity contribution in [3.8, 4) is 5.69 Å². The maximum Gasteiger partial charge on any atom is 0.434 e. The van der Waals surface area contributed by atoms with Gasteiger partial charge in [-0.2, -0.15) is 13.2 Å². The van der Waals surface area contributed by atoms with Crippen LogP contribution in [-0.2, 0) is 11.6 Å². The third-order valence-electron chi connectivity index (χ3n) is 4.67. The van der Waals surface area contributed by atoms with Crippen LogP contribution in [0.25, 0.3) is 5.69 Å². The lowest BCUT2D eigenvalue weighted by Crippen LogP contribution is -2.50. The van der Waals surface area contributed by atoms with E-state index in [1.54, 1.807) is 58.9 Å². The zero-order chi connectivity index (χ0) is 22.4. The molecule has 2 aromatic rings. The Kier molecular flexibility index (Phi) is 5.94. The molecule has 0 aliphatic heterocycles. The number of aromatic nitrogens is 2. The van der Waals surface area contributed by atoms with Gasteiger partial charge in [0.2, 0.25) is 0 Å². The van der Waals surface area contributed by atoms with Gasteiger partial charge >= 0.3 is 6.18 Å². The molecular formula is C22H30F3N3O. The molecule has 0 saturated heterocycles. The maximum absolute atomic E-state index is 14.1. The minimum absolute atomic E-state index is 0.282. The van der Waals surface area contributed by atoms with Gasteiger partial charge in [-0.1, -0.05) is 39.0 Å². The predicted octanol–water partition coefficient (Wildman–Crippen LogP) is 5.84. The van der Waals surface area contributed by atoms with Crippen LogP contribution in [0.3, 0.4) is 0 Å². The summed E-state index contributed by atoms with van der Waals surface area (Å²) < 4.78 is 43.4. The molecule has 0 atom stereocenters. The van der Waals surface area contributed by atoms with E-state index in [2.05, 4.69) is 4.98 Å². The number of carbonyl (C=O) groups excluding carboxylic acids is 1. The van der Waals surface area contributed by atoms with Gasteiger partial charge in [-0.3, -0.25) is 9.36 Å². The van der Waals surface area contributed by atoms with Crippen LogP contribution in [0.5, 0.6) is 0 Å². The van der Waals surface area contributed by atoms with Gasteiger partial charge in [-0.05, 0) is 51.7 Å². The Morgan fingerprint density at radius 2 is 1.59 bits per heavy atom. The van der Waals surface area contributed by atoms with Crippen molar-refractivity contribution in [2.45, 2.75) is 78.6 Å². The fraction of sp³-hybridized carbons (Fsp3) is 0.545. The summed E-state index contributed by atoms with van der Waals surface area (Å²) in [7, 11) is 0. The smallest absolute Gasteiger partial charge is 0.330 e. The van der Waals surface area contributed by atoms with Gasteiger partial charge < -0.3 is 4.90 Å². The molecule has 160 valence electrons. The Morgan fingerprint density at radius 1 is 1.03 bits per heavy atom. The molecule has 0 spiro atoms. The zero-order valence-electron chi connectivity index (χ0n) is 18.3. The molecule has 0 N–H and O–H groups in total. The number of imidazole rings is 1. The Bertz CT molecular complexity index is 884. The predicted molar refractivity (Wildman–Crippen MR) is 108 cm³/mol. The molecule has 29 heavy (non-hydrogen) atoms. The van der Waals surface area contributed by atoms with Crippen LogP contribution in [0.15, 0.2) is 30.6 Å². The highest BCUT2D eigenvalue weighted by Crippen LogP contribution is 2.37. The van der Waals surface area contributed by atoms with E-state index in [1.165, 1.54) is 4.90 Å². The van der Waals surface area contributed by atoms with Crippen molar-refractivity contribution in [3.05, 3.63) is 47.5 Å². The van der Waals surface area contributed by atoms with Gasteiger partial charge in [0, 0.05) is 11.6 Å². The number of alkyl halides is 3. The van der Waals surface area contributed by atoms with E-state index < -0.39 is 29.0 Å². The molecule has 4 nitrogen and oxygen atoms in total. The van der Waals surface area contributed by atoms with Gasteiger partial charge in [0.05, 0.1) is 5.69 Å². The van der Waals surface area contributed by atoms with Gasteiger partial charge in [0.25, 0.3) is 5.91 Å². The van der Waals surface area contributed by atoms with E-state index in [-0.39, 0.29) is 11.5 Å².